The lowest BCUT2D eigenvalue weighted by Crippen LogP contribution is -2.46. The van der Waals surface area contributed by atoms with Gasteiger partial charge < -0.3 is 24.4 Å². The first-order valence-corrected chi connectivity index (χ1v) is 16.1. The maximum absolute atomic E-state index is 14.1. The van der Waals surface area contributed by atoms with Gasteiger partial charge in [0.15, 0.2) is 11.6 Å². The molecular weight excluding hydrogens is 608 g/mol. The van der Waals surface area contributed by atoms with Gasteiger partial charge in [0.05, 0.1) is 17.7 Å². The van der Waals surface area contributed by atoms with Gasteiger partial charge in [-0.3, -0.25) is 14.9 Å². The number of carbonyl (C=O) groups is 3. The Kier molecular flexibility index (Phi) is 8.53. The number of carbonyl (C=O) groups excluding carboxylic acids is 3. The number of hydrogen-bond acceptors (Lipinski definition) is 6. The number of anilines is 1. The molecule has 0 radical (unpaired) electrons. The molecule has 2 aliphatic heterocycles. The molecule has 2 N–H and O–H groups in total. The van der Waals surface area contributed by atoms with E-state index in [1.165, 1.54) is 11.6 Å². The lowest BCUT2D eigenvalue weighted by atomic mass is 9.97. The SMILES string of the molecule is O=C1CCC(N2Cc3ccc(COC(=O)Nc4ccc(Oc5ccc(F)c(F)c5)cc4)c(OC4CCCCC4)c3C2=O)C(=C2CC2)N1. The molecule has 7 rings (SSSR count). The number of allylic oxidation sites excluding steroid dienone is 1. The number of rotatable bonds is 8. The highest BCUT2D eigenvalue weighted by Gasteiger charge is 2.41. The molecule has 0 bridgehead atoms. The van der Waals surface area contributed by atoms with Gasteiger partial charge in [-0.2, -0.15) is 0 Å². The van der Waals surface area contributed by atoms with Crippen LogP contribution in [-0.4, -0.2) is 35.0 Å². The summed E-state index contributed by atoms with van der Waals surface area (Å²) >= 11 is 0. The van der Waals surface area contributed by atoms with E-state index in [9.17, 15) is 23.2 Å². The molecule has 3 fully saturated rings. The van der Waals surface area contributed by atoms with Crippen LogP contribution in [0.4, 0.5) is 19.3 Å². The van der Waals surface area contributed by atoms with Crippen LogP contribution in [0.15, 0.2) is 65.9 Å². The number of halogens is 2. The summed E-state index contributed by atoms with van der Waals surface area (Å²) in [7, 11) is 0. The van der Waals surface area contributed by atoms with Crippen LogP contribution >= 0.6 is 0 Å². The minimum atomic E-state index is -1.01. The second-order valence-corrected chi connectivity index (χ2v) is 12.4. The maximum atomic E-state index is 14.1. The van der Waals surface area contributed by atoms with Crippen molar-refractivity contribution in [2.45, 2.75) is 83.1 Å². The summed E-state index contributed by atoms with van der Waals surface area (Å²) in [5, 5.41) is 5.71. The van der Waals surface area contributed by atoms with Gasteiger partial charge in [0.2, 0.25) is 5.91 Å². The molecule has 1 saturated heterocycles. The Balaban J connectivity index is 1.05. The molecule has 4 aliphatic rings. The fraction of sp³-hybridized carbons (Fsp3) is 0.361. The number of piperidine rings is 1. The molecule has 2 saturated carbocycles. The molecule has 3 amide bonds. The van der Waals surface area contributed by atoms with Gasteiger partial charge in [-0.05, 0) is 92.5 Å². The highest BCUT2D eigenvalue weighted by molar-refractivity contribution is 6.02. The van der Waals surface area contributed by atoms with Crippen molar-refractivity contribution in [2.24, 2.45) is 0 Å². The number of nitrogens with one attached hydrogen (secondary N) is 2. The molecule has 2 aliphatic carbocycles. The van der Waals surface area contributed by atoms with E-state index in [-0.39, 0.29) is 36.3 Å². The highest BCUT2D eigenvalue weighted by atomic mass is 19.2. The zero-order valence-corrected chi connectivity index (χ0v) is 25.8. The van der Waals surface area contributed by atoms with Crippen LogP contribution < -0.4 is 20.1 Å². The van der Waals surface area contributed by atoms with Crippen molar-refractivity contribution >= 4 is 23.6 Å². The Morgan fingerprint density at radius 1 is 0.894 bits per heavy atom. The summed E-state index contributed by atoms with van der Waals surface area (Å²) in [6, 6.07) is 13.2. The van der Waals surface area contributed by atoms with Crippen molar-refractivity contribution in [1.82, 2.24) is 10.2 Å². The molecule has 9 nitrogen and oxygen atoms in total. The molecule has 47 heavy (non-hydrogen) atoms. The lowest BCUT2D eigenvalue weighted by molar-refractivity contribution is -0.122. The quantitative estimate of drug-likeness (QED) is 0.263. The predicted molar refractivity (Wildman–Crippen MR) is 168 cm³/mol. The molecule has 3 aromatic carbocycles. The summed E-state index contributed by atoms with van der Waals surface area (Å²) in [6.07, 6.45) is 7.14. The minimum Gasteiger partial charge on any atom is -0.489 e. The van der Waals surface area contributed by atoms with Crippen LogP contribution in [0, 0.1) is 11.6 Å². The zero-order chi connectivity index (χ0) is 32.5. The first-order chi connectivity index (χ1) is 22.8. The standard InChI is InChI=1S/C36H35F2N3O6/c37-28-15-14-27(18-29(28)38)46-26-12-10-24(11-13-26)39-36(44)45-20-23-9-8-22-19-41(30-16-17-31(42)40-33(30)21-6-7-21)35(43)32(22)34(23)47-25-4-2-1-3-5-25/h8-15,18,25,30H,1-7,16-17,19-20H2,(H,39,44)(H,40,42). The Bertz CT molecular complexity index is 1750. The van der Waals surface area contributed by atoms with E-state index in [1.54, 1.807) is 24.3 Å². The van der Waals surface area contributed by atoms with Crippen LogP contribution in [0.3, 0.4) is 0 Å². The third-order valence-electron chi connectivity index (χ3n) is 9.07. The van der Waals surface area contributed by atoms with Gasteiger partial charge in [0.1, 0.15) is 23.9 Å². The molecular formula is C36H35F2N3O6. The second-order valence-electron chi connectivity index (χ2n) is 12.4. The zero-order valence-electron chi connectivity index (χ0n) is 25.8. The van der Waals surface area contributed by atoms with Crippen LogP contribution in [0.1, 0.15) is 79.3 Å². The molecule has 11 heteroatoms. The largest absolute Gasteiger partial charge is 0.489 e. The van der Waals surface area contributed by atoms with Crippen molar-refractivity contribution in [3.05, 3.63) is 94.2 Å². The van der Waals surface area contributed by atoms with Crippen molar-refractivity contribution in [2.75, 3.05) is 5.32 Å². The van der Waals surface area contributed by atoms with E-state index in [1.807, 2.05) is 17.0 Å². The van der Waals surface area contributed by atoms with Gasteiger partial charge in [0, 0.05) is 36.0 Å². The molecule has 244 valence electrons. The van der Waals surface area contributed by atoms with Gasteiger partial charge in [-0.15, -0.1) is 0 Å². The summed E-state index contributed by atoms with van der Waals surface area (Å²) in [5.74, 6) is -1.15. The fourth-order valence-electron chi connectivity index (χ4n) is 6.54. The van der Waals surface area contributed by atoms with E-state index in [2.05, 4.69) is 10.6 Å². The van der Waals surface area contributed by atoms with E-state index >= 15 is 0 Å². The van der Waals surface area contributed by atoms with Crippen molar-refractivity contribution in [3.8, 4) is 17.2 Å². The van der Waals surface area contributed by atoms with Crippen LogP contribution in [0.2, 0.25) is 0 Å². The number of hydrogen-bond donors (Lipinski definition) is 2. The Labute approximate surface area is 270 Å². The van der Waals surface area contributed by atoms with Gasteiger partial charge in [-0.25, -0.2) is 13.6 Å². The van der Waals surface area contributed by atoms with Crippen molar-refractivity contribution in [3.63, 3.8) is 0 Å². The summed E-state index contributed by atoms with van der Waals surface area (Å²) in [5.41, 5.74) is 4.48. The van der Waals surface area contributed by atoms with E-state index in [4.69, 9.17) is 14.2 Å². The average Bonchev–Trinajstić information content (AvgIpc) is 3.87. The van der Waals surface area contributed by atoms with Crippen molar-refractivity contribution in [1.29, 1.82) is 0 Å². The number of nitrogens with zero attached hydrogens (tertiary/aromatic N) is 1. The topological polar surface area (TPSA) is 106 Å². The average molecular weight is 644 g/mol. The lowest BCUT2D eigenvalue weighted by Gasteiger charge is -2.33. The van der Waals surface area contributed by atoms with Gasteiger partial charge in [0.25, 0.3) is 5.91 Å². The monoisotopic (exact) mass is 643 g/mol. The third-order valence-corrected chi connectivity index (χ3v) is 9.07. The number of fused-ring (bicyclic) bond motifs is 1. The molecule has 3 aromatic rings. The summed E-state index contributed by atoms with van der Waals surface area (Å²) in [6.45, 7) is 0.310. The van der Waals surface area contributed by atoms with Crippen LogP contribution in [0.25, 0.3) is 0 Å². The van der Waals surface area contributed by atoms with E-state index in [0.29, 0.717) is 47.7 Å². The van der Waals surface area contributed by atoms with Crippen LogP contribution in [-0.2, 0) is 22.7 Å². The number of benzene rings is 3. The molecule has 1 atom stereocenters. The first-order valence-electron chi connectivity index (χ1n) is 16.1. The normalized spacial score (nSPS) is 19.3. The third kappa shape index (κ3) is 6.79. The molecule has 0 spiro atoms. The van der Waals surface area contributed by atoms with Crippen LogP contribution in [0.5, 0.6) is 17.2 Å². The summed E-state index contributed by atoms with van der Waals surface area (Å²) < 4.78 is 44.4. The first kappa shape index (κ1) is 30.7. The van der Waals surface area contributed by atoms with Crippen molar-refractivity contribution < 1.29 is 37.4 Å². The van der Waals surface area contributed by atoms with Gasteiger partial charge >= 0.3 is 6.09 Å². The number of amides is 3. The number of ether oxygens (including phenoxy) is 3. The van der Waals surface area contributed by atoms with E-state index < -0.39 is 17.7 Å². The Hall–Kier alpha value is -4.93. The molecule has 1 unspecified atom stereocenters. The molecule has 2 heterocycles. The summed E-state index contributed by atoms with van der Waals surface area (Å²) in [4.78, 5) is 40.9. The van der Waals surface area contributed by atoms with Gasteiger partial charge in [-0.1, -0.05) is 18.6 Å². The Morgan fingerprint density at radius 3 is 2.40 bits per heavy atom. The maximum Gasteiger partial charge on any atom is 0.411 e. The smallest absolute Gasteiger partial charge is 0.411 e. The second kappa shape index (κ2) is 13.1. The fourth-order valence-corrected chi connectivity index (χ4v) is 6.54. The Morgan fingerprint density at radius 2 is 1.66 bits per heavy atom. The predicted octanol–water partition coefficient (Wildman–Crippen LogP) is 7.50. The minimum absolute atomic E-state index is 0.00944. The molecule has 0 aromatic heterocycles. The highest BCUT2D eigenvalue weighted by Crippen LogP contribution is 2.42. The van der Waals surface area contributed by atoms with E-state index in [0.717, 1.165) is 68.3 Å².